The zero-order valence-electron chi connectivity index (χ0n) is 12.5. The van der Waals surface area contributed by atoms with Crippen LogP contribution >= 0.6 is 0 Å². The van der Waals surface area contributed by atoms with Gasteiger partial charge in [-0.25, -0.2) is 0 Å². The van der Waals surface area contributed by atoms with E-state index in [4.69, 9.17) is 0 Å². The molecular formula is C16H27NSi. The minimum Gasteiger partial charge on any atom is -0.299 e. The van der Waals surface area contributed by atoms with E-state index in [2.05, 4.69) is 62.8 Å². The van der Waals surface area contributed by atoms with Gasteiger partial charge in [0.25, 0.3) is 0 Å². The smallest absolute Gasteiger partial charge is 0.0775 e. The van der Waals surface area contributed by atoms with Crippen LogP contribution in [0.3, 0.4) is 0 Å². The number of benzene rings is 1. The van der Waals surface area contributed by atoms with E-state index in [0.717, 1.165) is 18.5 Å². The van der Waals surface area contributed by atoms with Crippen LogP contribution in [0.25, 0.3) is 0 Å². The number of nitrogens with zero attached hydrogens (tertiary/aromatic N) is 1. The summed E-state index contributed by atoms with van der Waals surface area (Å²) in [6.07, 6.45) is 2.86. The molecule has 1 unspecified atom stereocenters. The Labute approximate surface area is 113 Å². The van der Waals surface area contributed by atoms with Crippen LogP contribution in [0.4, 0.5) is 0 Å². The normalized spacial score (nSPS) is 18.1. The summed E-state index contributed by atoms with van der Waals surface area (Å²) in [5.74, 6) is 0.955. The molecule has 1 aromatic carbocycles. The van der Waals surface area contributed by atoms with Crippen LogP contribution in [-0.2, 0) is 6.54 Å². The molecule has 0 amide bonds. The van der Waals surface area contributed by atoms with Crippen molar-refractivity contribution in [2.24, 2.45) is 5.92 Å². The van der Waals surface area contributed by atoms with Gasteiger partial charge in [-0.05, 0) is 38.3 Å². The maximum atomic E-state index is 2.50. The zero-order valence-corrected chi connectivity index (χ0v) is 13.5. The molecule has 1 aromatic rings. The second-order valence-corrected chi connectivity index (χ2v) is 12.0. The summed E-state index contributed by atoms with van der Waals surface area (Å²) in [6.45, 7) is 10.7. The van der Waals surface area contributed by atoms with E-state index < -0.39 is 8.07 Å². The van der Waals surface area contributed by atoms with Gasteiger partial charge in [-0.3, -0.25) is 4.90 Å². The summed E-state index contributed by atoms with van der Waals surface area (Å²) in [5, 5.41) is 1.56. The van der Waals surface area contributed by atoms with Crippen LogP contribution < -0.4 is 5.19 Å². The van der Waals surface area contributed by atoms with Gasteiger partial charge in [-0.2, -0.15) is 0 Å². The van der Waals surface area contributed by atoms with Gasteiger partial charge < -0.3 is 0 Å². The fraction of sp³-hybridized carbons (Fsp3) is 0.625. The number of rotatable bonds is 5. The Bertz CT molecular complexity index is 387. The van der Waals surface area contributed by atoms with Crippen molar-refractivity contribution in [3.63, 3.8) is 0 Å². The van der Waals surface area contributed by atoms with Crippen LogP contribution in [0.15, 0.2) is 24.3 Å². The van der Waals surface area contributed by atoms with Crippen LogP contribution in [0.5, 0.6) is 0 Å². The van der Waals surface area contributed by atoms with Crippen molar-refractivity contribution in [2.75, 3.05) is 7.05 Å². The predicted molar refractivity (Wildman–Crippen MR) is 83.1 cm³/mol. The van der Waals surface area contributed by atoms with E-state index in [1.807, 2.05) is 0 Å². The van der Waals surface area contributed by atoms with Gasteiger partial charge in [-0.1, -0.05) is 49.1 Å². The third-order valence-corrected chi connectivity index (χ3v) is 6.32. The molecule has 0 radical (unpaired) electrons. The molecule has 100 valence electrons. The Morgan fingerprint density at radius 2 is 1.72 bits per heavy atom. The van der Waals surface area contributed by atoms with Gasteiger partial charge in [0.05, 0.1) is 8.07 Å². The maximum absolute atomic E-state index is 2.50. The molecule has 0 aliphatic heterocycles. The predicted octanol–water partition coefficient (Wildman–Crippen LogP) is 3.46. The van der Waals surface area contributed by atoms with E-state index >= 15 is 0 Å². The highest BCUT2D eigenvalue weighted by Crippen LogP contribution is 2.35. The van der Waals surface area contributed by atoms with E-state index in [9.17, 15) is 0 Å². The molecular weight excluding hydrogens is 234 g/mol. The topological polar surface area (TPSA) is 3.24 Å². The summed E-state index contributed by atoms with van der Waals surface area (Å²) in [6, 6.07) is 10.1. The molecule has 18 heavy (non-hydrogen) atoms. The summed E-state index contributed by atoms with van der Waals surface area (Å²) in [4.78, 5) is 2.50. The van der Waals surface area contributed by atoms with E-state index in [-0.39, 0.29) is 0 Å². The highest BCUT2D eigenvalue weighted by Gasteiger charge is 2.30. The molecule has 1 aliphatic carbocycles. The molecule has 0 heterocycles. The number of hydrogen-bond donors (Lipinski definition) is 0. The Balaban J connectivity index is 1.97. The minimum atomic E-state index is -1.14. The first kappa shape index (κ1) is 13.8. The van der Waals surface area contributed by atoms with Gasteiger partial charge in [0.15, 0.2) is 0 Å². The molecule has 2 heteroatoms. The van der Waals surface area contributed by atoms with Crippen molar-refractivity contribution >= 4 is 13.3 Å². The van der Waals surface area contributed by atoms with Crippen molar-refractivity contribution in [1.82, 2.24) is 4.90 Å². The van der Waals surface area contributed by atoms with Crippen molar-refractivity contribution in [2.45, 2.75) is 52.0 Å². The van der Waals surface area contributed by atoms with Gasteiger partial charge in [0.2, 0.25) is 0 Å². The lowest BCUT2D eigenvalue weighted by Crippen LogP contribution is -2.37. The minimum absolute atomic E-state index is 0.738. The zero-order chi connectivity index (χ0) is 13.3. The van der Waals surface area contributed by atoms with Crippen LogP contribution in [0.2, 0.25) is 19.6 Å². The first-order chi connectivity index (χ1) is 8.38. The second-order valence-electron chi connectivity index (χ2n) is 6.94. The summed E-state index contributed by atoms with van der Waals surface area (Å²) in [7, 11) is 1.12. The standard InChI is InChI=1S/C16H27NSi/c1-13(15-8-9-15)17(2)12-14-6-10-16(11-7-14)18(3,4)5/h6-7,10-11,13,15H,8-9,12H2,1-5H3. The van der Waals surface area contributed by atoms with Gasteiger partial charge in [-0.15, -0.1) is 0 Å². The average Bonchev–Trinajstić information content (AvgIpc) is 3.11. The third-order valence-electron chi connectivity index (χ3n) is 4.25. The van der Waals surface area contributed by atoms with Gasteiger partial charge >= 0.3 is 0 Å². The molecule has 0 saturated heterocycles. The molecule has 2 rings (SSSR count). The SMILES string of the molecule is CC(C1CC1)N(C)Cc1ccc([Si](C)(C)C)cc1. The maximum Gasteiger partial charge on any atom is 0.0775 e. The Morgan fingerprint density at radius 1 is 1.17 bits per heavy atom. The Hall–Kier alpha value is -0.603. The van der Waals surface area contributed by atoms with Crippen molar-refractivity contribution in [3.05, 3.63) is 29.8 Å². The Kier molecular flexibility index (Phi) is 3.98. The van der Waals surface area contributed by atoms with Crippen LogP contribution in [-0.4, -0.2) is 26.1 Å². The van der Waals surface area contributed by atoms with Crippen LogP contribution in [0, 0.1) is 5.92 Å². The van der Waals surface area contributed by atoms with Crippen molar-refractivity contribution in [3.8, 4) is 0 Å². The molecule has 1 saturated carbocycles. The summed E-state index contributed by atoms with van der Waals surface area (Å²) in [5.41, 5.74) is 1.45. The fourth-order valence-corrected chi connectivity index (χ4v) is 3.65. The largest absolute Gasteiger partial charge is 0.299 e. The second kappa shape index (κ2) is 5.18. The third kappa shape index (κ3) is 3.45. The lowest BCUT2D eigenvalue weighted by molar-refractivity contribution is 0.226. The molecule has 1 nitrogen and oxygen atoms in total. The molecule has 0 N–H and O–H groups in total. The van der Waals surface area contributed by atoms with Crippen LogP contribution in [0.1, 0.15) is 25.3 Å². The van der Waals surface area contributed by atoms with E-state index in [1.54, 1.807) is 5.19 Å². The molecule has 0 bridgehead atoms. The van der Waals surface area contributed by atoms with E-state index in [0.29, 0.717) is 0 Å². The van der Waals surface area contributed by atoms with Gasteiger partial charge in [0, 0.05) is 12.6 Å². The highest BCUT2D eigenvalue weighted by atomic mass is 28.3. The monoisotopic (exact) mass is 261 g/mol. The van der Waals surface area contributed by atoms with E-state index in [1.165, 1.54) is 18.4 Å². The molecule has 0 spiro atoms. The first-order valence-corrected chi connectivity index (χ1v) is 10.7. The average molecular weight is 261 g/mol. The molecule has 1 aliphatic rings. The van der Waals surface area contributed by atoms with Crippen molar-refractivity contribution in [1.29, 1.82) is 0 Å². The Morgan fingerprint density at radius 3 is 2.17 bits per heavy atom. The molecule has 1 fully saturated rings. The van der Waals surface area contributed by atoms with Crippen molar-refractivity contribution < 1.29 is 0 Å². The summed E-state index contributed by atoms with van der Waals surface area (Å²) < 4.78 is 0. The number of hydrogen-bond acceptors (Lipinski definition) is 1. The molecule has 0 aromatic heterocycles. The van der Waals surface area contributed by atoms with Gasteiger partial charge in [0.1, 0.15) is 0 Å². The lowest BCUT2D eigenvalue weighted by atomic mass is 10.1. The first-order valence-electron chi connectivity index (χ1n) is 7.17. The quantitative estimate of drug-likeness (QED) is 0.734. The highest BCUT2D eigenvalue weighted by molar-refractivity contribution is 6.88. The lowest BCUT2D eigenvalue weighted by Gasteiger charge is -2.25. The summed E-state index contributed by atoms with van der Waals surface area (Å²) >= 11 is 0. The molecule has 1 atom stereocenters. The fourth-order valence-electron chi connectivity index (χ4n) is 2.48.